The second-order valence-electron chi connectivity index (χ2n) is 4.38. The molecule has 0 aliphatic rings. The monoisotopic (exact) mass is 316 g/mol. The van der Waals surface area contributed by atoms with Crippen LogP contribution < -0.4 is 4.74 Å². The number of aromatic nitrogens is 2. The Balaban J connectivity index is 1.87. The van der Waals surface area contributed by atoms with Gasteiger partial charge < -0.3 is 9.30 Å². The van der Waals surface area contributed by atoms with E-state index in [-0.39, 0.29) is 0 Å². The summed E-state index contributed by atoms with van der Waals surface area (Å²) < 4.78 is 8.97. The Morgan fingerprint density at radius 2 is 2.16 bits per heavy atom. The summed E-state index contributed by atoms with van der Waals surface area (Å²) in [6.45, 7) is 0.536. The van der Waals surface area contributed by atoms with Crippen molar-refractivity contribution >= 4 is 26.8 Å². The molecule has 3 nitrogen and oxygen atoms in total. The Morgan fingerprint density at radius 1 is 1.26 bits per heavy atom. The number of hydrogen-bond acceptors (Lipinski definition) is 2. The van der Waals surface area contributed by atoms with Crippen LogP contribution in [0.5, 0.6) is 5.75 Å². The van der Waals surface area contributed by atoms with Gasteiger partial charge in [-0.15, -0.1) is 0 Å². The molecular formula is C15H13BrN2O. The lowest BCUT2D eigenvalue weighted by Crippen LogP contribution is -2.01. The Labute approximate surface area is 120 Å². The van der Waals surface area contributed by atoms with Gasteiger partial charge in [0.1, 0.15) is 12.4 Å². The minimum atomic E-state index is 0.536. The first-order valence-electron chi connectivity index (χ1n) is 6.01. The number of pyridine rings is 1. The predicted molar refractivity (Wildman–Crippen MR) is 79.2 cm³/mol. The molecule has 0 atom stereocenters. The van der Waals surface area contributed by atoms with Gasteiger partial charge in [-0.1, -0.05) is 22.0 Å². The van der Waals surface area contributed by atoms with Crippen LogP contribution in [0.4, 0.5) is 0 Å². The van der Waals surface area contributed by atoms with Gasteiger partial charge >= 0.3 is 0 Å². The summed E-state index contributed by atoms with van der Waals surface area (Å²) in [5.74, 6) is 0.786. The third-order valence-electron chi connectivity index (χ3n) is 3.13. The van der Waals surface area contributed by atoms with Crippen molar-refractivity contribution in [1.29, 1.82) is 0 Å². The summed E-state index contributed by atoms with van der Waals surface area (Å²) in [6.07, 6.45) is 3.46. The molecule has 0 saturated carbocycles. The standard InChI is InChI=1S/C15H13BrN2O/c1-18-13(10-19-14-3-2-6-17-9-14)7-11-4-5-12(16)8-15(11)18/h2-9H,10H2,1H3. The molecule has 1 aromatic carbocycles. The molecule has 0 fully saturated rings. The first-order valence-corrected chi connectivity index (χ1v) is 6.80. The fourth-order valence-corrected chi connectivity index (χ4v) is 2.44. The number of fused-ring (bicyclic) bond motifs is 1. The van der Waals surface area contributed by atoms with E-state index in [1.165, 1.54) is 10.9 Å². The van der Waals surface area contributed by atoms with E-state index in [1.807, 2.05) is 18.2 Å². The number of halogens is 1. The molecule has 0 aliphatic heterocycles. The van der Waals surface area contributed by atoms with E-state index in [1.54, 1.807) is 12.4 Å². The zero-order chi connectivity index (χ0) is 13.2. The SMILES string of the molecule is Cn1c(COc2cccnc2)cc2ccc(Br)cc21. The minimum absolute atomic E-state index is 0.536. The topological polar surface area (TPSA) is 27.1 Å². The maximum Gasteiger partial charge on any atom is 0.138 e. The largest absolute Gasteiger partial charge is 0.486 e. The van der Waals surface area contributed by atoms with Gasteiger partial charge in [0.25, 0.3) is 0 Å². The van der Waals surface area contributed by atoms with Crippen molar-refractivity contribution in [2.45, 2.75) is 6.61 Å². The van der Waals surface area contributed by atoms with Crippen LogP contribution in [0, 0.1) is 0 Å². The normalized spacial score (nSPS) is 10.8. The highest BCUT2D eigenvalue weighted by Gasteiger charge is 2.06. The van der Waals surface area contributed by atoms with Gasteiger partial charge in [0, 0.05) is 28.6 Å². The van der Waals surface area contributed by atoms with Crippen LogP contribution in [0.1, 0.15) is 5.69 Å². The van der Waals surface area contributed by atoms with Gasteiger partial charge in [0.2, 0.25) is 0 Å². The molecule has 0 aliphatic carbocycles. The lowest BCUT2D eigenvalue weighted by atomic mass is 10.2. The number of nitrogens with zero attached hydrogens (tertiary/aromatic N) is 2. The van der Waals surface area contributed by atoms with Crippen LogP contribution in [0.25, 0.3) is 10.9 Å². The first kappa shape index (κ1) is 12.2. The fourth-order valence-electron chi connectivity index (χ4n) is 2.09. The second kappa shape index (κ2) is 5.05. The molecule has 0 spiro atoms. The lowest BCUT2D eigenvalue weighted by molar-refractivity contribution is 0.296. The highest BCUT2D eigenvalue weighted by molar-refractivity contribution is 9.10. The van der Waals surface area contributed by atoms with E-state index in [0.29, 0.717) is 6.61 Å². The summed E-state index contributed by atoms with van der Waals surface area (Å²) >= 11 is 3.50. The zero-order valence-corrected chi connectivity index (χ0v) is 12.1. The van der Waals surface area contributed by atoms with Gasteiger partial charge in [0.05, 0.1) is 11.9 Å². The maximum absolute atomic E-state index is 5.74. The average Bonchev–Trinajstić information content (AvgIpc) is 2.74. The van der Waals surface area contributed by atoms with Crippen LogP contribution in [0.15, 0.2) is 53.3 Å². The highest BCUT2D eigenvalue weighted by Crippen LogP contribution is 2.23. The molecule has 19 heavy (non-hydrogen) atoms. The summed E-state index contributed by atoms with van der Waals surface area (Å²) in [7, 11) is 2.05. The number of rotatable bonds is 3. The fraction of sp³-hybridized carbons (Fsp3) is 0.133. The maximum atomic E-state index is 5.74. The van der Waals surface area contributed by atoms with E-state index in [0.717, 1.165) is 15.9 Å². The van der Waals surface area contributed by atoms with Crippen molar-refractivity contribution in [3.05, 3.63) is 59.0 Å². The van der Waals surface area contributed by atoms with Crippen LogP contribution >= 0.6 is 15.9 Å². The van der Waals surface area contributed by atoms with E-state index in [4.69, 9.17) is 4.74 Å². The van der Waals surface area contributed by atoms with Crippen LogP contribution in [-0.2, 0) is 13.7 Å². The summed E-state index contributed by atoms with van der Waals surface area (Å²) in [6, 6.07) is 12.2. The Bertz CT molecular complexity index is 707. The molecule has 0 N–H and O–H groups in total. The molecule has 2 aromatic heterocycles. The average molecular weight is 317 g/mol. The second-order valence-corrected chi connectivity index (χ2v) is 5.29. The van der Waals surface area contributed by atoms with E-state index >= 15 is 0 Å². The van der Waals surface area contributed by atoms with Crippen molar-refractivity contribution in [3.8, 4) is 5.75 Å². The summed E-state index contributed by atoms with van der Waals surface area (Å²) in [5.41, 5.74) is 2.33. The number of ether oxygens (including phenoxy) is 1. The summed E-state index contributed by atoms with van der Waals surface area (Å²) in [5, 5.41) is 1.22. The van der Waals surface area contributed by atoms with E-state index < -0.39 is 0 Å². The van der Waals surface area contributed by atoms with Crippen molar-refractivity contribution < 1.29 is 4.74 Å². The third kappa shape index (κ3) is 2.49. The summed E-state index contributed by atoms with van der Waals surface area (Å²) in [4.78, 5) is 4.04. The molecular weight excluding hydrogens is 304 g/mol. The van der Waals surface area contributed by atoms with Crippen LogP contribution in [0.3, 0.4) is 0 Å². The molecule has 0 bridgehead atoms. The quantitative estimate of drug-likeness (QED) is 0.732. The third-order valence-corrected chi connectivity index (χ3v) is 3.62. The Hall–Kier alpha value is -1.81. The molecule has 4 heteroatoms. The van der Waals surface area contributed by atoms with Gasteiger partial charge in [0.15, 0.2) is 0 Å². The van der Waals surface area contributed by atoms with Crippen molar-refractivity contribution in [3.63, 3.8) is 0 Å². The van der Waals surface area contributed by atoms with Crippen LogP contribution in [-0.4, -0.2) is 9.55 Å². The van der Waals surface area contributed by atoms with Gasteiger partial charge in [-0.2, -0.15) is 0 Å². The number of benzene rings is 1. The lowest BCUT2D eigenvalue weighted by Gasteiger charge is -2.07. The van der Waals surface area contributed by atoms with E-state index in [2.05, 4.69) is 50.7 Å². The van der Waals surface area contributed by atoms with Crippen molar-refractivity contribution in [1.82, 2.24) is 9.55 Å². The molecule has 0 saturated heterocycles. The molecule has 96 valence electrons. The van der Waals surface area contributed by atoms with Crippen molar-refractivity contribution in [2.24, 2.45) is 7.05 Å². The van der Waals surface area contributed by atoms with Gasteiger partial charge in [-0.05, 0) is 30.3 Å². The Morgan fingerprint density at radius 3 is 2.95 bits per heavy atom. The predicted octanol–water partition coefficient (Wildman–Crippen LogP) is 3.91. The van der Waals surface area contributed by atoms with Gasteiger partial charge in [-0.25, -0.2) is 0 Å². The zero-order valence-electron chi connectivity index (χ0n) is 10.5. The first-order chi connectivity index (χ1) is 9.24. The molecule has 0 unspecified atom stereocenters. The molecule has 2 heterocycles. The number of aryl methyl sites for hydroxylation is 1. The number of hydrogen-bond donors (Lipinski definition) is 0. The Kier molecular flexibility index (Phi) is 3.25. The van der Waals surface area contributed by atoms with Crippen LogP contribution in [0.2, 0.25) is 0 Å². The molecule has 0 radical (unpaired) electrons. The molecule has 0 amide bonds. The highest BCUT2D eigenvalue weighted by atomic mass is 79.9. The van der Waals surface area contributed by atoms with E-state index in [9.17, 15) is 0 Å². The molecule has 3 rings (SSSR count). The smallest absolute Gasteiger partial charge is 0.138 e. The molecule has 3 aromatic rings. The van der Waals surface area contributed by atoms with Crippen molar-refractivity contribution in [2.75, 3.05) is 0 Å². The minimum Gasteiger partial charge on any atom is -0.486 e. The van der Waals surface area contributed by atoms with Gasteiger partial charge in [-0.3, -0.25) is 4.98 Å².